The fraction of sp³-hybridized carbons (Fsp3) is 0.500. The van der Waals surface area contributed by atoms with Crippen LogP contribution in [0.25, 0.3) is 0 Å². The average Bonchev–Trinajstić information content (AvgIpc) is 2.23. The summed E-state index contributed by atoms with van der Waals surface area (Å²) >= 11 is 0. The highest BCUT2D eigenvalue weighted by atomic mass is 19.4. The first kappa shape index (κ1) is 13.8. The zero-order valence-corrected chi connectivity index (χ0v) is 10.0. The van der Waals surface area contributed by atoms with Crippen molar-refractivity contribution in [3.05, 3.63) is 29.8 Å². The summed E-state index contributed by atoms with van der Waals surface area (Å²) in [6.07, 6.45) is -3.31. The van der Waals surface area contributed by atoms with Crippen molar-refractivity contribution in [3.8, 4) is 0 Å². The molecule has 0 radical (unpaired) electrons. The number of alkyl halides is 3. The molecule has 0 heterocycles. The number of hydrogen-bond acceptors (Lipinski definition) is 2. The SMILES string of the molecule is CN(C)CCCNc1ccc(C(F)(F)F)cc1. The molecule has 0 atom stereocenters. The maximum absolute atomic E-state index is 12.3. The lowest BCUT2D eigenvalue weighted by atomic mass is 10.2. The Morgan fingerprint density at radius 3 is 2.18 bits per heavy atom. The number of nitrogens with zero attached hydrogens (tertiary/aromatic N) is 1. The second kappa shape index (κ2) is 5.91. The van der Waals surface area contributed by atoms with E-state index in [1.165, 1.54) is 12.1 Å². The molecular formula is C12H17F3N2. The first-order valence-electron chi connectivity index (χ1n) is 5.45. The van der Waals surface area contributed by atoms with Crippen LogP contribution in [0.15, 0.2) is 24.3 Å². The first-order valence-corrected chi connectivity index (χ1v) is 5.45. The molecule has 0 spiro atoms. The third-order valence-corrected chi connectivity index (χ3v) is 2.32. The Bertz CT molecular complexity index is 331. The summed E-state index contributed by atoms with van der Waals surface area (Å²) < 4.78 is 36.9. The van der Waals surface area contributed by atoms with Crippen molar-refractivity contribution < 1.29 is 13.2 Å². The van der Waals surface area contributed by atoms with Gasteiger partial charge in [0.1, 0.15) is 0 Å². The summed E-state index contributed by atoms with van der Waals surface area (Å²) in [5, 5.41) is 3.08. The van der Waals surface area contributed by atoms with Gasteiger partial charge in [0.05, 0.1) is 5.56 Å². The van der Waals surface area contributed by atoms with E-state index in [0.29, 0.717) is 0 Å². The molecular weight excluding hydrogens is 229 g/mol. The van der Waals surface area contributed by atoms with Gasteiger partial charge in [0.2, 0.25) is 0 Å². The number of halogens is 3. The van der Waals surface area contributed by atoms with Crippen molar-refractivity contribution in [2.24, 2.45) is 0 Å². The van der Waals surface area contributed by atoms with Gasteiger partial charge in [0, 0.05) is 12.2 Å². The molecule has 1 aromatic carbocycles. The lowest BCUT2D eigenvalue weighted by Gasteiger charge is -2.11. The standard InChI is InChI=1S/C12H17F3N2/c1-17(2)9-3-8-16-11-6-4-10(5-7-11)12(13,14)15/h4-7,16H,3,8-9H2,1-2H3. The highest BCUT2D eigenvalue weighted by Crippen LogP contribution is 2.29. The fourth-order valence-corrected chi connectivity index (χ4v) is 1.41. The van der Waals surface area contributed by atoms with Crippen molar-refractivity contribution >= 4 is 5.69 Å². The minimum absolute atomic E-state index is 0.614. The number of rotatable bonds is 5. The molecule has 0 aliphatic carbocycles. The third-order valence-electron chi connectivity index (χ3n) is 2.32. The number of nitrogens with one attached hydrogen (secondary N) is 1. The van der Waals surface area contributed by atoms with E-state index in [2.05, 4.69) is 10.2 Å². The summed E-state index contributed by atoms with van der Waals surface area (Å²) in [4.78, 5) is 2.06. The monoisotopic (exact) mass is 246 g/mol. The molecule has 0 aromatic heterocycles. The van der Waals surface area contributed by atoms with Gasteiger partial charge in [0.15, 0.2) is 0 Å². The Morgan fingerprint density at radius 2 is 1.71 bits per heavy atom. The largest absolute Gasteiger partial charge is 0.416 e. The Hall–Kier alpha value is -1.23. The van der Waals surface area contributed by atoms with Crippen LogP contribution in [0.4, 0.5) is 18.9 Å². The average molecular weight is 246 g/mol. The number of hydrogen-bond donors (Lipinski definition) is 1. The van der Waals surface area contributed by atoms with E-state index in [-0.39, 0.29) is 0 Å². The zero-order chi connectivity index (χ0) is 12.9. The maximum Gasteiger partial charge on any atom is 0.416 e. The summed E-state index contributed by atoms with van der Waals surface area (Å²) in [5.74, 6) is 0. The molecule has 0 aliphatic rings. The molecule has 17 heavy (non-hydrogen) atoms. The molecule has 96 valence electrons. The quantitative estimate of drug-likeness (QED) is 0.803. The van der Waals surface area contributed by atoms with Crippen LogP contribution in [0.1, 0.15) is 12.0 Å². The van der Waals surface area contributed by atoms with Gasteiger partial charge in [-0.05, 0) is 51.3 Å². The van der Waals surface area contributed by atoms with E-state index in [4.69, 9.17) is 0 Å². The van der Waals surface area contributed by atoms with Crippen molar-refractivity contribution in [3.63, 3.8) is 0 Å². The predicted molar refractivity (Wildman–Crippen MR) is 63.1 cm³/mol. The normalized spacial score (nSPS) is 11.9. The van der Waals surface area contributed by atoms with Gasteiger partial charge in [-0.25, -0.2) is 0 Å². The summed E-state index contributed by atoms with van der Waals surface area (Å²) in [7, 11) is 3.97. The Morgan fingerprint density at radius 1 is 1.12 bits per heavy atom. The van der Waals surface area contributed by atoms with Crippen LogP contribution < -0.4 is 5.32 Å². The summed E-state index contributed by atoms with van der Waals surface area (Å²) in [6.45, 7) is 1.71. The van der Waals surface area contributed by atoms with E-state index in [9.17, 15) is 13.2 Å². The van der Waals surface area contributed by atoms with Crippen LogP contribution in [-0.2, 0) is 6.18 Å². The molecule has 0 unspecified atom stereocenters. The van der Waals surface area contributed by atoms with E-state index in [0.717, 1.165) is 37.3 Å². The number of benzene rings is 1. The predicted octanol–water partition coefficient (Wildman–Crippen LogP) is 3.07. The maximum atomic E-state index is 12.3. The summed E-state index contributed by atoms with van der Waals surface area (Å²) in [6, 6.07) is 5.10. The van der Waals surface area contributed by atoms with Gasteiger partial charge in [0.25, 0.3) is 0 Å². The molecule has 5 heteroatoms. The van der Waals surface area contributed by atoms with Crippen molar-refractivity contribution in [1.82, 2.24) is 4.90 Å². The molecule has 0 bridgehead atoms. The van der Waals surface area contributed by atoms with Gasteiger partial charge in [-0.15, -0.1) is 0 Å². The van der Waals surface area contributed by atoms with Crippen LogP contribution >= 0.6 is 0 Å². The number of anilines is 1. The molecule has 1 N–H and O–H groups in total. The third kappa shape index (κ3) is 5.08. The van der Waals surface area contributed by atoms with Gasteiger partial charge in [-0.2, -0.15) is 13.2 Å². The van der Waals surface area contributed by atoms with Gasteiger partial charge < -0.3 is 10.2 Å². The lowest BCUT2D eigenvalue weighted by molar-refractivity contribution is -0.137. The Kier molecular flexibility index (Phi) is 4.81. The van der Waals surface area contributed by atoms with Crippen LogP contribution in [0.3, 0.4) is 0 Å². The van der Waals surface area contributed by atoms with Gasteiger partial charge in [-0.3, -0.25) is 0 Å². The molecule has 0 fully saturated rings. The van der Waals surface area contributed by atoms with Crippen LogP contribution in [-0.4, -0.2) is 32.1 Å². The van der Waals surface area contributed by atoms with Crippen molar-refractivity contribution in [2.45, 2.75) is 12.6 Å². The van der Waals surface area contributed by atoms with Crippen molar-refractivity contribution in [1.29, 1.82) is 0 Å². The van der Waals surface area contributed by atoms with Gasteiger partial charge in [-0.1, -0.05) is 0 Å². The van der Waals surface area contributed by atoms with Crippen LogP contribution in [0, 0.1) is 0 Å². The van der Waals surface area contributed by atoms with Crippen molar-refractivity contribution in [2.75, 3.05) is 32.5 Å². The van der Waals surface area contributed by atoms with Crippen LogP contribution in [0.2, 0.25) is 0 Å². The minimum atomic E-state index is -4.26. The van der Waals surface area contributed by atoms with Gasteiger partial charge >= 0.3 is 6.18 Å². The first-order chi connectivity index (χ1) is 7.89. The molecule has 2 nitrogen and oxygen atoms in total. The fourth-order valence-electron chi connectivity index (χ4n) is 1.41. The van der Waals surface area contributed by atoms with E-state index in [1.54, 1.807) is 0 Å². The molecule has 1 rings (SSSR count). The highest BCUT2D eigenvalue weighted by molar-refractivity contribution is 5.45. The highest BCUT2D eigenvalue weighted by Gasteiger charge is 2.29. The summed E-state index contributed by atoms with van der Waals surface area (Å²) in [5.41, 5.74) is 0.105. The Labute approximate surface area is 99.4 Å². The lowest BCUT2D eigenvalue weighted by Crippen LogP contribution is -2.16. The molecule has 0 amide bonds. The van der Waals surface area contributed by atoms with E-state index in [1.807, 2.05) is 14.1 Å². The van der Waals surface area contributed by atoms with E-state index >= 15 is 0 Å². The second-order valence-electron chi connectivity index (χ2n) is 4.16. The molecule has 0 saturated heterocycles. The van der Waals surface area contributed by atoms with Crippen LogP contribution in [0.5, 0.6) is 0 Å². The molecule has 1 aromatic rings. The Balaban J connectivity index is 2.41. The molecule has 0 saturated carbocycles. The minimum Gasteiger partial charge on any atom is -0.385 e. The topological polar surface area (TPSA) is 15.3 Å². The second-order valence-corrected chi connectivity index (χ2v) is 4.16. The zero-order valence-electron chi connectivity index (χ0n) is 10.0. The molecule has 0 aliphatic heterocycles. The van der Waals surface area contributed by atoms with E-state index < -0.39 is 11.7 Å². The smallest absolute Gasteiger partial charge is 0.385 e.